The first-order chi connectivity index (χ1) is 9.65. The summed E-state index contributed by atoms with van der Waals surface area (Å²) in [5, 5.41) is 9.81. The number of hydrogen-bond acceptors (Lipinski definition) is 3. The maximum atomic E-state index is 13.2. The molecule has 0 saturated carbocycles. The first-order valence-corrected chi connectivity index (χ1v) is 5.92. The highest BCUT2D eigenvalue weighted by molar-refractivity contribution is 5.94. The maximum Gasteiger partial charge on any atom is 0.352 e. The maximum absolute atomic E-state index is 13.2. The minimum absolute atomic E-state index is 0.0938. The molecule has 2 heterocycles. The number of rotatable bonds is 3. The summed E-state index contributed by atoms with van der Waals surface area (Å²) in [6.07, 6.45) is 4.66. The van der Waals surface area contributed by atoms with Crippen LogP contribution in [0.4, 0.5) is 4.39 Å². The van der Waals surface area contributed by atoms with Gasteiger partial charge in [-0.15, -0.1) is 0 Å². The van der Waals surface area contributed by atoms with E-state index in [0.29, 0.717) is 16.6 Å². The average Bonchev–Trinajstić information content (AvgIpc) is 2.78. The lowest BCUT2D eigenvalue weighted by atomic mass is 10.2. The quantitative estimate of drug-likeness (QED) is 0.793. The second kappa shape index (κ2) is 4.73. The molecule has 0 aliphatic carbocycles. The van der Waals surface area contributed by atoms with Crippen LogP contribution in [0.3, 0.4) is 0 Å². The summed E-state index contributed by atoms with van der Waals surface area (Å²) in [7, 11) is 0. The summed E-state index contributed by atoms with van der Waals surface area (Å²) in [5.41, 5.74) is 1.38. The van der Waals surface area contributed by atoms with Crippen molar-refractivity contribution < 1.29 is 14.3 Å². The van der Waals surface area contributed by atoms with E-state index in [0.717, 1.165) is 0 Å². The number of aromatic nitrogens is 3. The fourth-order valence-electron chi connectivity index (χ4n) is 2.16. The number of fused-ring (bicyclic) bond motifs is 1. The molecule has 100 valence electrons. The van der Waals surface area contributed by atoms with Gasteiger partial charge in [-0.1, -0.05) is 0 Å². The van der Waals surface area contributed by atoms with Crippen LogP contribution in [0, 0.1) is 5.82 Å². The number of benzene rings is 1. The predicted molar refractivity (Wildman–Crippen MR) is 70.0 cm³/mol. The topological polar surface area (TPSA) is 68.0 Å². The Morgan fingerprint density at radius 2 is 2.15 bits per heavy atom. The number of carboxylic acid groups (broad SMARTS) is 1. The van der Waals surface area contributed by atoms with Crippen LogP contribution in [0.5, 0.6) is 0 Å². The number of nitrogens with zero attached hydrogens (tertiary/aromatic N) is 3. The van der Waals surface area contributed by atoms with Crippen molar-refractivity contribution in [2.45, 2.75) is 6.54 Å². The van der Waals surface area contributed by atoms with Crippen molar-refractivity contribution in [2.75, 3.05) is 0 Å². The van der Waals surface area contributed by atoms with Gasteiger partial charge in [-0.25, -0.2) is 9.18 Å². The lowest BCUT2D eigenvalue weighted by molar-refractivity contribution is 0.0686. The third-order valence-electron chi connectivity index (χ3n) is 3.02. The zero-order valence-electron chi connectivity index (χ0n) is 10.3. The van der Waals surface area contributed by atoms with E-state index in [2.05, 4.69) is 9.97 Å². The van der Waals surface area contributed by atoms with E-state index in [1.54, 1.807) is 29.2 Å². The Kier molecular flexibility index (Phi) is 2.90. The number of aromatic carboxylic acids is 1. The van der Waals surface area contributed by atoms with Gasteiger partial charge in [0.25, 0.3) is 0 Å². The van der Waals surface area contributed by atoms with E-state index < -0.39 is 11.8 Å². The molecule has 1 aromatic carbocycles. The van der Waals surface area contributed by atoms with E-state index in [4.69, 9.17) is 0 Å². The van der Waals surface area contributed by atoms with Gasteiger partial charge in [0.1, 0.15) is 11.5 Å². The number of carboxylic acids is 1. The first-order valence-electron chi connectivity index (χ1n) is 5.92. The highest BCUT2D eigenvalue weighted by Gasteiger charge is 2.15. The Morgan fingerprint density at radius 3 is 2.85 bits per heavy atom. The molecule has 0 aliphatic heterocycles. The molecule has 0 fully saturated rings. The molecule has 3 rings (SSSR count). The molecular formula is C14H10FN3O2. The molecule has 0 spiro atoms. The molecule has 0 amide bonds. The Labute approximate surface area is 113 Å². The van der Waals surface area contributed by atoms with Crippen LogP contribution in [-0.2, 0) is 6.54 Å². The van der Waals surface area contributed by atoms with Crippen molar-refractivity contribution in [2.24, 2.45) is 0 Å². The summed E-state index contributed by atoms with van der Waals surface area (Å²) in [6.45, 7) is 0.268. The van der Waals surface area contributed by atoms with Gasteiger partial charge in [0.05, 0.1) is 18.4 Å². The monoisotopic (exact) mass is 271 g/mol. The van der Waals surface area contributed by atoms with Gasteiger partial charge < -0.3 is 9.67 Å². The predicted octanol–water partition coefficient (Wildman–Crippen LogP) is 2.32. The van der Waals surface area contributed by atoms with Gasteiger partial charge in [0, 0.05) is 23.3 Å². The Hall–Kier alpha value is -2.76. The second-order valence-electron chi connectivity index (χ2n) is 4.32. The standard InChI is InChI=1S/C14H10FN3O2/c15-10-1-2-12-9(5-10)6-13(14(19)20)18(12)8-11-7-16-3-4-17-11/h1-7H,8H2,(H,19,20). The molecule has 0 unspecified atom stereocenters. The normalized spacial score (nSPS) is 10.8. The number of carbonyl (C=O) groups is 1. The highest BCUT2D eigenvalue weighted by Crippen LogP contribution is 2.22. The van der Waals surface area contributed by atoms with Crippen molar-refractivity contribution >= 4 is 16.9 Å². The average molecular weight is 271 g/mol. The van der Waals surface area contributed by atoms with Gasteiger partial charge in [-0.2, -0.15) is 0 Å². The molecule has 5 nitrogen and oxygen atoms in total. The largest absolute Gasteiger partial charge is 0.477 e. The van der Waals surface area contributed by atoms with Crippen molar-refractivity contribution in [1.29, 1.82) is 0 Å². The van der Waals surface area contributed by atoms with Crippen molar-refractivity contribution in [3.05, 3.63) is 60.1 Å². The summed E-state index contributed by atoms with van der Waals surface area (Å²) >= 11 is 0. The van der Waals surface area contributed by atoms with Gasteiger partial charge in [-0.3, -0.25) is 9.97 Å². The lowest BCUT2D eigenvalue weighted by Crippen LogP contribution is -2.10. The number of halogens is 1. The minimum Gasteiger partial charge on any atom is -0.477 e. The van der Waals surface area contributed by atoms with E-state index in [-0.39, 0.29) is 12.2 Å². The smallest absolute Gasteiger partial charge is 0.352 e. The molecule has 0 aliphatic rings. The molecule has 0 atom stereocenters. The van der Waals surface area contributed by atoms with Gasteiger partial charge >= 0.3 is 5.97 Å². The van der Waals surface area contributed by atoms with Crippen molar-refractivity contribution in [3.8, 4) is 0 Å². The van der Waals surface area contributed by atoms with Gasteiger partial charge in [0.15, 0.2) is 0 Å². The fourth-order valence-corrected chi connectivity index (χ4v) is 2.16. The first kappa shape index (κ1) is 12.3. The Bertz CT molecular complexity index is 784. The van der Waals surface area contributed by atoms with Gasteiger partial charge in [0.2, 0.25) is 0 Å². The summed E-state index contributed by atoms with van der Waals surface area (Å²) in [4.78, 5) is 19.4. The molecule has 0 bridgehead atoms. The Balaban J connectivity index is 2.16. The molecule has 0 radical (unpaired) electrons. The SMILES string of the molecule is O=C(O)c1cc2cc(F)ccc2n1Cc1cnccn1. The number of hydrogen-bond donors (Lipinski definition) is 1. The highest BCUT2D eigenvalue weighted by atomic mass is 19.1. The van der Waals surface area contributed by atoms with Crippen molar-refractivity contribution in [3.63, 3.8) is 0 Å². The molecule has 3 aromatic rings. The summed E-state index contributed by atoms with van der Waals surface area (Å²) < 4.78 is 14.8. The van der Waals surface area contributed by atoms with Crippen LogP contribution in [0.25, 0.3) is 10.9 Å². The fraction of sp³-hybridized carbons (Fsp3) is 0.0714. The van der Waals surface area contributed by atoms with Crippen LogP contribution in [0.15, 0.2) is 42.9 Å². The molecule has 2 aromatic heterocycles. The molecule has 20 heavy (non-hydrogen) atoms. The van der Waals surface area contributed by atoms with Crippen molar-refractivity contribution in [1.82, 2.24) is 14.5 Å². The van der Waals surface area contributed by atoms with Crippen LogP contribution in [0.1, 0.15) is 16.2 Å². The Morgan fingerprint density at radius 1 is 1.30 bits per heavy atom. The van der Waals surface area contributed by atoms with E-state index in [1.165, 1.54) is 18.2 Å². The minimum atomic E-state index is -1.06. The van der Waals surface area contributed by atoms with E-state index in [9.17, 15) is 14.3 Å². The zero-order chi connectivity index (χ0) is 14.1. The van der Waals surface area contributed by atoms with Crippen LogP contribution >= 0.6 is 0 Å². The second-order valence-corrected chi connectivity index (χ2v) is 4.32. The molecule has 0 saturated heterocycles. The van der Waals surface area contributed by atoms with E-state index >= 15 is 0 Å². The van der Waals surface area contributed by atoms with E-state index in [1.807, 2.05) is 0 Å². The third kappa shape index (κ3) is 2.11. The summed E-state index contributed by atoms with van der Waals surface area (Å²) in [5.74, 6) is -1.46. The molecular weight excluding hydrogens is 261 g/mol. The van der Waals surface area contributed by atoms with Crippen LogP contribution in [-0.4, -0.2) is 25.6 Å². The summed E-state index contributed by atoms with van der Waals surface area (Å²) in [6, 6.07) is 5.64. The van der Waals surface area contributed by atoms with Crippen LogP contribution in [0.2, 0.25) is 0 Å². The lowest BCUT2D eigenvalue weighted by Gasteiger charge is -2.07. The van der Waals surface area contributed by atoms with Crippen LogP contribution < -0.4 is 0 Å². The zero-order valence-corrected chi connectivity index (χ0v) is 10.3. The third-order valence-corrected chi connectivity index (χ3v) is 3.02. The molecule has 6 heteroatoms. The molecule has 1 N–H and O–H groups in total. The van der Waals surface area contributed by atoms with Gasteiger partial charge in [-0.05, 0) is 24.3 Å².